The van der Waals surface area contributed by atoms with E-state index in [2.05, 4.69) is 5.32 Å². The third-order valence-corrected chi connectivity index (χ3v) is 4.00. The van der Waals surface area contributed by atoms with E-state index in [1.165, 1.54) is 11.8 Å². The first-order chi connectivity index (χ1) is 11.9. The number of carbonyl (C=O) groups excluding carboxylic acids is 2. The quantitative estimate of drug-likeness (QED) is 0.871. The molecule has 2 aromatic rings. The van der Waals surface area contributed by atoms with Gasteiger partial charge in [0, 0.05) is 25.3 Å². The van der Waals surface area contributed by atoms with E-state index >= 15 is 0 Å². The molecule has 0 saturated heterocycles. The fraction of sp³-hybridized carbons (Fsp3) is 0.300. The average molecular weight is 340 g/mol. The summed E-state index contributed by atoms with van der Waals surface area (Å²) in [5.41, 5.74) is 2.33. The second-order valence-electron chi connectivity index (χ2n) is 5.90. The maximum atomic E-state index is 12.6. The summed E-state index contributed by atoms with van der Waals surface area (Å²) in [6.07, 6.45) is -0.0389. The molecule has 0 saturated carbocycles. The van der Waals surface area contributed by atoms with Gasteiger partial charge in [-0.3, -0.25) is 9.59 Å². The second kappa shape index (κ2) is 8.33. The molecule has 0 spiro atoms. The molecule has 2 amide bonds. The third-order valence-electron chi connectivity index (χ3n) is 4.00. The first-order valence-corrected chi connectivity index (χ1v) is 8.30. The molecule has 2 rings (SSSR count). The molecule has 2 aromatic carbocycles. The Hall–Kier alpha value is -2.82. The average Bonchev–Trinajstić information content (AvgIpc) is 2.60. The summed E-state index contributed by atoms with van der Waals surface area (Å²) in [6.45, 7) is 5.35. The lowest BCUT2D eigenvalue weighted by atomic mass is 10.2. The third kappa shape index (κ3) is 4.83. The largest absolute Gasteiger partial charge is 0.480 e. The number of aryl methyl sites for hydroxylation is 1. The minimum absolute atomic E-state index is 0.0715. The first-order valence-electron chi connectivity index (χ1n) is 8.30. The van der Waals surface area contributed by atoms with Crippen molar-refractivity contribution in [1.29, 1.82) is 0 Å². The van der Waals surface area contributed by atoms with E-state index < -0.39 is 6.10 Å². The van der Waals surface area contributed by atoms with Crippen LogP contribution in [0.5, 0.6) is 5.75 Å². The van der Waals surface area contributed by atoms with Gasteiger partial charge in [-0.25, -0.2) is 0 Å². The molecule has 0 aliphatic rings. The van der Waals surface area contributed by atoms with Gasteiger partial charge in [-0.05, 0) is 43.2 Å². The molecule has 1 atom stereocenters. The van der Waals surface area contributed by atoms with Crippen LogP contribution < -0.4 is 15.0 Å². The van der Waals surface area contributed by atoms with E-state index in [0.29, 0.717) is 17.9 Å². The standard InChI is InChI=1S/C20H24N2O3/c1-5-18(25-19-12-7-6-9-14(19)2)20(24)21-16-10-8-11-17(13-16)22(4)15(3)23/h6-13,18H,5H2,1-4H3,(H,21,24). The van der Waals surface area contributed by atoms with E-state index in [1.807, 2.05) is 44.2 Å². The number of para-hydroxylation sites is 1. The van der Waals surface area contributed by atoms with Gasteiger partial charge in [0.15, 0.2) is 6.10 Å². The van der Waals surface area contributed by atoms with Gasteiger partial charge in [0.2, 0.25) is 5.91 Å². The molecule has 1 N–H and O–H groups in total. The van der Waals surface area contributed by atoms with Crippen molar-refractivity contribution in [3.63, 3.8) is 0 Å². The highest BCUT2D eigenvalue weighted by Crippen LogP contribution is 2.21. The van der Waals surface area contributed by atoms with Crippen molar-refractivity contribution in [2.24, 2.45) is 0 Å². The maximum absolute atomic E-state index is 12.6. The zero-order valence-corrected chi connectivity index (χ0v) is 15.1. The van der Waals surface area contributed by atoms with Gasteiger partial charge in [-0.1, -0.05) is 31.2 Å². The molecule has 0 aromatic heterocycles. The molecule has 0 heterocycles. The summed E-state index contributed by atoms with van der Waals surface area (Å²) < 4.78 is 5.87. The molecule has 1 unspecified atom stereocenters. The molecule has 0 aliphatic carbocycles. The molecule has 0 radical (unpaired) electrons. The number of amides is 2. The Morgan fingerprint density at radius 1 is 1.16 bits per heavy atom. The fourth-order valence-corrected chi connectivity index (χ4v) is 2.36. The van der Waals surface area contributed by atoms with Crippen LogP contribution in [0.15, 0.2) is 48.5 Å². The lowest BCUT2D eigenvalue weighted by molar-refractivity contribution is -0.122. The predicted molar refractivity (Wildman–Crippen MR) is 100 cm³/mol. The molecule has 5 heteroatoms. The highest BCUT2D eigenvalue weighted by Gasteiger charge is 2.19. The van der Waals surface area contributed by atoms with Crippen LogP contribution in [-0.4, -0.2) is 25.0 Å². The SMILES string of the molecule is CCC(Oc1ccccc1C)C(=O)Nc1cccc(N(C)C(C)=O)c1. The summed E-state index contributed by atoms with van der Waals surface area (Å²) in [6, 6.07) is 14.8. The molecule has 0 bridgehead atoms. The van der Waals surface area contributed by atoms with Gasteiger partial charge in [-0.15, -0.1) is 0 Å². The normalized spacial score (nSPS) is 11.5. The Bertz CT molecular complexity index is 758. The van der Waals surface area contributed by atoms with Crippen molar-refractivity contribution in [2.45, 2.75) is 33.3 Å². The van der Waals surface area contributed by atoms with Crippen LogP contribution in [0.3, 0.4) is 0 Å². The molecule has 132 valence electrons. The molecule has 0 aliphatic heterocycles. The maximum Gasteiger partial charge on any atom is 0.265 e. The summed E-state index contributed by atoms with van der Waals surface area (Å²) >= 11 is 0. The van der Waals surface area contributed by atoms with Gasteiger partial charge < -0.3 is 15.0 Å². The first kappa shape index (κ1) is 18.5. The van der Waals surface area contributed by atoms with Crippen LogP contribution in [0.2, 0.25) is 0 Å². The summed E-state index contributed by atoms with van der Waals surface area (Å²) in [7, 11) is 1.69. The van der Waals surface area contributed by atoms with Crippen LogP contribution in [-0.2, 0) is 9.59 Å². The monoisotopic (exact) mass is 340 g/mol. The topological polar surface area (TPSA) is 58.6 Å². The zero-order valence-electron chi connectivity index (χ0n) is 15.1. The van der Waals surface area contributed by atoms with E-state index in [0.717, 1.165) is 11.3 Å². The smallest absolute Gasteiger partial charge is 0.265 e. The Labute approximate surface area is 148 Å². The Kier molecular flexibility index (Phi) is 6.17. The van der Waals surface area contributed by atoms with Crippen LogP contribution in [0, 0.1) is 6.92 Å². The number of nitrogens with one attached hydrogen (secondary N) is 1. The van der Waals surface area contributed by atoms with Crippen LogP contribution in [0.1, 0.15) is 25.8 Å². The number of anilines is 2. The van der Waals surface area contributed by atoms with Crippen molar-refractivity contribution in [2.75, 3.05) is 17.3 Å². The summed E-state index contributed by atoms with van der Waals surface area (Å²) in [4.78, 5) is 25.6. The molecule has 5 nitrogen and oxygen atoms in total. The number of carbonyl (C=O) groups is 2. The van der Waals surface area contributed by atoms with Gasteiger partial charge in [0.25, 0.3) is 5.91 Å². The fourth-order valence-electron chi connectivity index (χ4n) is 2.36. The van der Waals surface area contributed by atoms with Crippen molar-refractivity contribution < 1.29 is 14.3 Å². The van der Waals surface area contributed by atoms with Crippen molar-refractivity contribution in [3.8, 4) is 5.75 Å². The summed E-state index contributed by atoms with van der Waals surface area (Å²) in [5, 5.41) is 2.86. The van der Waals surface area contributed by atoms with Gasteiger partial charge >= 0.3 is 0 Å². The van der Waals surface area contributed by atoms with E-state index in [-0.39, 0.29) is 11.8 Å². The van der Waals surface area contributed by atoms with Gasteiger partial charge in [-0.2, -0.15) is 0 Å². The van der Waals surface area contributed by atoms with Crippen molar-refractivity contribution in [3.05, 3.63) is 54.1 Å². The van der Waals surface area contributed by atoms with Crippen LogP contribution >= 0.6 is 0 Å². The van der Waals surface area contributed by atoms with Gasteiger partial charge in [0.1, 0.15) is 5.75 Å². The molecular formula is C20H24N2O3. The minimum Gasteiger partial charge on any atom is -0.480 e. The van der Waals surface area contributed by atoms with E-state index in [1.54, 1.807) is 25.2 Å². The van der Waals surface area contributed by atoms with Crippen LogP contribution in [0.25, 0.3) is 0 Å². The Morgan fingerprint density at radius 3 is 2.52 bits per heavy atom. The molecular weight excluding hydrogens is 316 g/mol. The number of ether oxygens (including phenoxy) is 1. The predicted octanol–water partition coefficient (Wildman–Crippen LogP) is 3.77. The van der Waals surface area contributed by atoms with Crippen molar-refractivity contribution >= 4 is 23.2 Å². The Balaban J connectivity index is 2.10. The summed E-state index contributed by atoms with van der Waals surface area (Å²) in [5.74, 6) is 0.417. The second-order valence-corrected chi connectivity index (χ2v) is 5.90. The zero-order chi connectivity index (χ0) is 18.4. The highest BCUT2D eigenvalue weighted by atomic mass is 16.5. The number of benzene rings is 2. The number of hydrogen-bond acceptors (Lipinski definition) is 3. The number of nitrogens with zero attached hydrogens (tertiary/aromatic N) is 1. The van der Waals surface area contributed by atoms with Crippen LogP contribution in [0.4, 0.5) is 11.4 Å². The molecule has 25 heavy (non-hydrogen) atoms. The molecule has 0 fully saturated rings. The van der Waals surface area contributed by atoms with E-state index in [9.17, 15) is 9.59 Å². The highest BCUT2D eigenvalue weighted by molar-refractivity contribution is 5.96. The van der Waals surface area contributed by atoms with E-state index in [4.69, 9.17) is 4.74 Å². The minimum atomic E-state index is -0.588. The van der Waals surface area contributed by atoms with Crippen molar-refractivity contribution in [1.82, 2.24) is 0 Å². The lowest BCUT2D eigenvalue weighted by Crippen LogP contribution is -2.32. The van der Waals surface area contributed by atoms with Gasteiger partial charge in [0.05, 0.1) is 0 Å². The number of hydrogen-bond donors (Lipinski definition) is 1. The number of rotatable bonds is 6. The Morgan fingerprint density at radius 2 is 1.88 bits per heavy atom. The lowest BCUT2D eigenvalue weighted by Gasteiger charge is -2.20.